The Hall–Kier alpha value is -2.66. The molecule has 0 saturated heterocycles. The summed E-state index contributed by atoms with van der Waals surface area (Å²) in [7, 11) is 0. The predicted molar refractivity (Wildman–Crippen MR) is 121 cm³/mol. The van der Waals surface area contributed by atoms with Crippen LogP contribution in [0, 0.1) is 5.82 Å². The molecule has 3 aromatic rings. The number of rotatable bonds is 7. The van der Waals surface area contributed by atoms with E-state index in [-0.39, 0.29) is 11.8 Å². The lowest BCUT2D eigenvalue weighted by Crippen LogP contribution is -2.46. The summed E-state index contributed by atoms with van der Waals surface area (Å²) in [5, 5.41) is 11.5. The molecule has 2 aromatic heterocycles. The van der Waals surface area contributed by atoms with Crippen molar-refractivity contribution in [3.05, 3.63) is 35.5 Å². The molecule has 1 unspecified atom stereocenters. The Morgan fingerprint density at radius 3 is 2.65 bits per heavy atom. The van der Waals surface area contributed by atoms with Gasteiger partial charge in [-0.15, -0.1) is 16.4 Å². The van der Waals surface area contributed by atoms with E-state index in [4.69, 9.17) is 4.74 Å². The van der Waals surface area contributed by atoms with Gasteiger partial charge in [0.15, 0.2) is 0 Å². The van der Waals surface area contributed by atoms with Gasteiger partial charge in [0.1, 0.15) is 17.5 Å². The van der Waals surface area contributed by atoms with E-state index in [1.165, 1.54) is 23.5 Å². The Morgan fingerprint density at radius 1 is 1.29 bits per heavy atom. The van der Waals surface area contributed by atoms with E-state index in [0.717, 1.165) is 11.3 Å². The third-order valence-corrected chi connectivity index (χ3v) is 5.53. The molecule has 3 rings (SSSR count). The van der Waals surface area contributed by atoms with Crippen LogP contribution >= 0.6 is 23.1 Å². The Morgan fingerprint density at radius 2 is 2.00 bits per heavy atom. The maximum Gasteiger partial charge on any atom is 0.408 e. The molecule has 2 amide bonds. The number of nitrogens with zero attached hydrogens (tertiary/aromatic N) is 3. The van der Waals surface area contributed by atoms with Crippen LogP contribution in [0.1, 0.15) is 27.2 Å². The Balaban J connectivity index is 1.75. The van der Waals surface area contributed by atoms with E-state index in [1.54, 1.807) is 49.2 Å². The molecular formula is C20H24FN5O3S2. The first kappa shape index (κ1) is 23.0. The van der Waals surface area contributed by atoms with Gasteiger partial charge in [0.2, 0.25) is 10.9 Å². The Labute approximate surface area is 187 Å². The molecular weight excluding hydrogens is 441 g/mol. The van der Waals surface area contributed by atoms with E-state index >= 15 is 0 Å². The van der Waals surface area contributed by atoms with Gasteiger partial charge >= 0.3 is 6.09 Å². The fraction of sp³-hybridized carbons (Fsp3) is 0.400. The second-order valence-electron chi connectivity index (χ2n) is 7.73. The zero-order valence-corrected chi connectivity index (χ0v) is 19.3. The summed E-state index contributed by atoms with van der Waals surface area (Å²) < 4.78 is 20.1. The lowest BCUT2D eigenvalue weighted by atomic mass is 10.2. The molecule has 0 radical (unpaired) electrons. The van der Waals surface area contributed by atoms with Gasteiger partial charge in [-0.05, 0) is 63.5 Å². The standard InChI is InChI=1S/C20H24FN5O3S2/c1-20(2,3)29-19(28)22-14(9-10-30-4)16(27)23-17-24-18-26(25-17)15(11-31-18)12-5-7-13(21)8-6-12/h5-8,11,14H,9-10H2,1-4H3,(H,22,28)(H,23,25,27). The molecule has 8 nitrogen and oxygen atoms in total. The van der Waals surface area contributed by atoms with Crippen LogP contribution in [-0.2, 0) is 9.53 Å². The van der Waals surface area contributed by atoms with Crippen molar-refractivity contribution < 1.29 is 18.7 Å². The molecule has 166 valence electrons. The van der Waals surface area contributed by atoms with Crippen LogP contribution in [0.15, 0.2) is 29.6 Å². The van der Waals surface area contributed by atoms with E-state index in [9.17, 15) is 14.0 Å². The largest absolute Gasteiger partial charge is 0.444 e. The lowest BCUT2D eigenvalue weighted by molar-refractivity contribution is -0.118. The number of halogens is 1. The normalized spacial score (nSPS) is 12.5. The number of ether oxygens (including phenoxy) is 1. The molecule has 31 heavy (non-hydrogen) atoms. The number of anilines is 1. The number of benzene rings is 1. The monoisotopic (exact) mass is 465 g/mol. The maximum absolute atomic E-state index is 13.2. The number of hydrogen-bond donors (Lipinski definition) is 2. The molecule has 0 fully saturated rings. The van der Waals surface area contributed by atoms with Crippen LogP contribution in [-0.4, -0.2) is 50.2 Å². The summed E-state index contributed by atoms with van der Waals surface area (Å²) in [6.45, 7) is 5.26. The van der Waals surface area contributed by atoms with Crippen molar-refractivity contribution in [2.45, 2.75) is 38.8 Å². The van der Waals surface area contributed by atoms with Crippen molar-refractivity contribution >= 4 is 46.0 Å². The number of aromatic nitrogens is 3. The third-order valence-electron chi connectivity index (χ3n) is 4.07. The number of carbonyl (C=O) groups is 2. The summed E-state index contributed by atoms with van der Waals surface area (Å²) >= 11 is 2.92. The average Bonchev–Trinajstić information content (AvgIpc) is 3.24. The smallest absolute Gasteiger partial charge is 0.408 e. The van der Waals surface area contributed by atoms with Gasteiger partial charge in [0.25, 0.3) is 5.95 Å². The summed E-state index contributed by atoms with van der Waals surface area (Å²) in [5.74, 6) is 0.0475. The molecule has 0 aliphatic carbocycles. The SMILES string of the molecule is CSCCC(NC(=O)OC(C)(C)C)C(=O)Nc1nc2scc(-c3ccc(F)cc3)n2n1. The van der Waals surface area contributed by atoms with Gasteiger partial charge < -0.3 is 10.1 Å². The highest BCUT2D eigenvalue weighted by molar-refractivity contribution is 7.98. The molecule has 2 N–H and O–H groups in total. The van der Waals surface area contributed by atoms with Gasteiger partial charge in [-0.3, -0.25) is 10.1 Å². The fourth-order valence-electron chi connectivity index (χ4n) is 2.70. The third kappa shape index (κ3) is 6.17. The summed E-state index contributed by atoms with van der Waals surface area (Å²) in [6, 6.07) is 5.26. The van der Waals surface area contributed by atoms with Gasteiger partial charge in [-0.1, -0.05) is 0 Å². The minimum Gasteiger partial charge on any atom is -0.444 e. The number of carbonyl (C=O) groups excluding carboxylic acids is 2. The number of alkyl carbamates (subject to hydrolysis) is 1. The molecule has 2 heterocycles. The van der Waals surface area contributed by atoms with Gasteiger partial charge in [0.05, 0.1) is 5.69 Å². The van der Waals surface area contributed by atoms with Crippen LogP contribution in [0.5, 0.6) is 0 Å². The Bertz CT molecular complexity index is 1060. The summed E-state index contributed by atoms with van der Waals surface area (Å²) in [4.78, 5) is 29.8. The first-order chi connectivity index (χ1) is 14.7. The highest BCUT2D eigenvalue weighted by atomic mass is 32.2. The summed E-state index contributed by atoms with van der Waals surface area (Å²) in [6.07, 6.45) is 1.69. The number of hydrogen-bond acceptors (Lipinski definition) is 7. The summed E-state index contributed by atoms with van der Waals surface area (Å²) in [5.41, 5.74) is 0.843. The van der Waals surface area contributed by atoms with Crippen LogP contribution in [0.2, 0.25) is 0 Å². The molecule has 0 aliphatic heterocycles. The minimum absolute atomic E-state index is 0.125. The van der Waals surface area contributed by atoms with Crippen LogP contribution in [0.3, 0.4) is 0 Å². The maximum atomic E-state index is 13.2. The second kappa shape index (κ2) is 9.65. The predicted octanol–water partition coefficient (Wildman–Crippen LogP) is 4.18. The van der Waals surface area contributed by atoms with Crippen molar-refractivity contribution in [1.29, 1.82) is 0 Å². The second-order valence-corrected chi connectivity index (χ2v) is 9.55. The van der Waals surface area contributed by atoms with Crippen LogP contribution < -0.4 is 10.6 Å². The van der Waals surface area contributed by atoms with Crippen molar-refractivity contribution in [2.75, 3.05) is 17.3 Å². The van der Waals surface area contributed by atoms with E-state index in [0.29, 0.717) is 17.1 Å². The lowest BCUT2D eigenvalue weighted by Gasteiger charge is -2.22. The molecule has 0 bridgehead atoms. The number of thiazole rings is 1. The minimum atomic E-state index is -0.791. The highest BCUT2D eigenvalue weighted by Crippen LogP contribution is 2.26. The zero-order valence-electron chi connectivity index (χ0n) is 17.6. The molecule has 0 spiro atoms. The average molecular weight is 466 g/mol. The van der Waals surface area contributed by atoms with E-state index in [2.05, 4.69) is 20.7 Å². The molecule has 0 aliphatic rings. The van der Waals surface area contributed by atoms with Gasteiger partial charge in [-0.2, -0.15) is 16.7 Å². The number of amides is 2. The quantitative estimate of drug-likeness (QED) is 0.543. The first-order valence-corrected chi connectivity index (χ1v) is 11.8. The van der Waals surface area contributed by atoms with E-state index in [1.807, 2.05) is 11.6 Å². The molecule has 11 heteroatoms. The van der Waals surface area contributed by atoms with E-state index < -0.39 is 23.6 Å². The first-order valence-electron chi connectivity index (χ1n) is 9.56. The topological polar surface area (TPSA) is 97.6 Å². The van der Waals surface area contributed by atoms with Crippen molar-refractivity contribution in [1.82, 2.24) is 19.9 Å². The van der Waals surface area contributed by atoms with Crippen LogP contribution in [0.4, 0.5) is 15.1 Å². The van der Waals surface area contributed by atoms with Crippen molar-refractivity contribution in [2.24, 2.45) is 0 Å². The van der Waals surface area contributed by atoms with Gasteiger partial charge in [0, 0.05) is 10.9 Å². The molecule has 1 aromatic carbocycles. The van der Waals surface area contributed by atoms with Gasteiger partial charge in [-0.25, -0.2) is 13.7 Å². The van der Waals surface area contributed by atoms with Crippen molar-refractivity contribution in [3.8, 4) is 11.3 Å². The number of nitrogens with one attached hydrogen (secondary N) is 2. The van der Waals surface area contributed by atoms with Crippen molar-refractivity contribution in [3.63, 3.8) is 0 Å². The number of fused-ring (bicyclic) bond motifs is 1. The molecule has 0 saturated carbocycles. The Kier molecular flexibility index (Phi) is 7.16. The zero-order chi connectivity index (χ0) is 22.6. The number of thioether (sulfide) groups is 1. The fourth-order valence-corrected chi connectivity index (χ4v) is 4.01. The molecule has 1 atom stereocenters. The highest BCUT2D eigenvalue weighted by Gasteiger charge is 2.25. The van der Waals surface area contributed by atoms with Crippen LogP contribution in [0.25, 0.3) is 16.2 Å².